The summed E-state index contributed by atoms with van der Waals surface area (Å²) in [6.07, 6.45) is 0. The number of hydrogen-bond donors (Lipinski definition) is 1. The predicted molar refractivity (Wildman–Crippen MR) is 124 cm³/mol. The zero-order chi connectivity index (χ0) is 22.5. The van der Waals surface area contributed by atoms with E-state index < -0.39 is 0 Å². The second-order valence-corrected chi connectivity index (χ2v) is 8.51. The molecule has 2 aromatic heterocycles. The Labute approximate surface area is 191 Å². The molecule has 0 atom stereocenters. The van der Waals surface area contributed by atoms with Crippen LogP contribution in [0.25, 0.3) is 5.69 Å². The third-order valence-electron chi connectivity index (χ3n) is 5.19. The summed E-state index contributed by atoms with van der Waals surface area (Å²) in [5, 5.41) is 20.1. The quantitative estimate of drug-likeness (QED) is 0.417. The van der Waals surface area contributed by atoms with Gasteiger partial charge in [0.25, 0.3) is 0 Å². The minimum atomic E-state index is -0.0802. The van der Waals surface area contributed by atoms with Crippen LogP contribution in [0.2, 0.25) is 0 Å². The maximum absolute atomic E-state index is 12.5. The van der Waals surface area contributed by atoms with Crippen molar-refractivity contribution in [3.05, 3.63) is 82.7 Å². The molecule has 0 bridgehead atoms. The third-order valence-corrected chi connectivity index (χ3v) is 6.11. The van der Waals surface area contributed by atoms with Crippen LogP contribution in [0, 0.1) is 20.8 Å². The van der Waals surface area contributed by atoms with E-state index in [2.05, 4.69) is 38.1 Å². The van der Waals surface area contributed by atoms with Crippen molar-refractivity contribution in [2.75, 3.05) is 5.75 Å². The molecule has 4 rings (SSSR count). The smallest absolute Gasteiger partial charge is 0.230 e. The Balaban J connectivity index is 1.35. The number of aromatic nitrogens is 6. The van der Waals surface area contributed by atoms with Crippen molar-refractivity contribution in [3.63, 3.8) is 0 Å². The number of rotatable bonds is 8. The molecule has 8 nitrogen and oxygen atoms in total. The summed E-state index contributed by atoms with van der Waals surface area (Å²) in [5.74, 6) is 0.144. The molecule has 0 fully saturated rings. The summed E-state index contributed by atoms with van der Waals surface area (Å²) < 4.78 is 3.63. The molecule has 0 spiro atoms. The monoisotopic (exact) mass is 447 g/mol. The lowest BCUT2D eigenvalue weighted by Gasteiger charge is -2.08. The van der Waals surface area contributed by atoms with Gasteiger partial charge in [0.1, 0.15) is 0 Å². The van der Waals surface area contributed by atoms with E-state index in [1.54, 1.807) is 4.68 Å². The first kappa shape index (κ1) is 21.8. The van der Waals surface area contributed by atoms with Gasteiger partial charge in [0, 0.05) is 17.8 Å². The molecule has 0 saturated heterocycles. The van der Waals surface area contributed by atoms with Crippen LogP contribution in [0.3, 0.4) is 0 Å². The van der Waals surface area contributed by atoms with Crippen LogP contribution < -0.4 is 5.32 Å². The van der Waals surface area contributed by atoms with Gasteiger partial charge in [0.05, 0.1) is 23.7 Å². The Hall–Kier alpha value is -3.46. The van der Waals surface area contributed by atoms with E-state index in [1.807, 2.05) is 67.9 Å². The molecule has 2 heterocycles. The SMILES string of the molecule is Cc1cccc(-n2nnnc2SCC(=O)NCc2c(C)nn(Cc3ccccc3)c2C)c1. The fourth-order valence-corrected chi connectivity index (χ4v) is 4.18. The summed E-state index contributed by atoms with van der Waals surface area (Å²) in [6, 6.07) is 18.1. The first-order valence-electron chi connectivity index (χ1n) is 10.3. The molecule has 4 aromatic rings. The van der Waals surface area contributed by atoms with Crippen molar-refractivity contribution in [2.24, 2.45) is 0 Å². The zero-order valence-electron chi connectivity index (χ0n) is 18.3. The number of aryl methyl sites for hydroxylation is 2. The molecule has 0 unspecified atom stereocenters. The van der Waals surface area contributed by atoms with Gasteiger partial charge in [0.15, 0.2) is 0 Å². The Morgan fingerprint density at radius 2 is 1.88 bits per heavy atom. The van der Waals surface area contributed by atoms with Crippen LogP contribution in [-0.2, 0) is 17.9 Å². The van der Waals surface area contributed by atoms with Gasteiger partial charge in [-0.15, -0.1) is 5.10 Å². The summed E-state index contributed by atoms with van der Waals surface area (Å²) in [7, 11) is 0. The van der Waals surface area contributed by atoms with Gasteiger partial charge in [0.2, 0.25) is 11.1 Å². The van der Waals surface area contributed by atoms with E-state index in [9.17, 15) is 4.79 Å². The maximum atomic E-state index is 12.5. The minimum absolute atomic E-state index is 0.0802. The van der Waals surface area contributed by atoms with Gasteiger partial charge in [-0.25, -0.2) is 0 Å². The van der Waals surface area contributed by atoms with Crippen LogP contribution in [-0.4, -0.2) is 41.6 Å². The van der Waals surface area contributed by atoms with Gasteiger partial charge in [-0.3, -0.25) is 9.48 Å². The highest BCUT2D eigenvalue weighted by Crippen LogP contribution is 2.19. The average molecular weight is 448 g/mol. The van der Waals surface area contributed by atoms with E-state index in [0.29, 0.717) is 18.2 Å². The highest BCUT2D eigenvalue weighted by molar-refractivity contribution is 7.99. The lowest BCUT2D eigenvalue weighted by atomic mass is 10.2. The maximum Gasteiger partial charge on any atom is 0.230 e. The number of hydrogen-bond acceptors (Lipinski definition) is 6. The van der Waals surface area contributed by atoms with Gasteiger partial charge >= 0.3 is 0 Å². The van der Waals surface area contributed by atoms with Crippen molar-refractivity contribution < 1.29 is 4.79 Å². The number of tetrazole rings is 1. The second-order valence-electron chi connectivity index (χ2n) is 7.57. The summed E-state index contributed by atoms with van der Waals surface area (Å²) >= 11 is 1.31. The van der Waals surface area contributed by atoms with Crippen molar-refractivity contribution in [1.29, 1.82) is 0 Å². The largest absolute Gasteiger partial charge is 0.351 e. The van der Waals surface area contributed by atoms with Crippen molar-refractivity contribution in [3.8, 4) is 5.69 Å². The molecule has 1 N–H and O–H groups in total. The second kappa shape index (κ2) is 9.78. The molecule has 0 aliphatic carbocycles. The predicted octanol–water partition coefficient (Wildman–Crippen LogP) is 3.24. The average Bonchev–Trinajstić information content (AvgIpc) is 3.36. The molecular weight excluding hydrogens is 422 g/mol. The van der Waals surface area contributed by atoms with Crippen molar-refractivity contribution in [2.45, 2.75) is 39.0 Å². The summed E-state index contributed by atoms with van der Waals surface area (Å²) in [6.45, 7) is 7.17. The van der Waals surface area contributed by atoms with Crippen LogP contribution in [0.4, 0.5) is 0 Å². The highest BCUT2D eigenvalue weighted by Gasteiger charge is 2.15. The zero-order valence-corrected chi connectivity index (χ0v) is 19.1. The molecule has 2 aromatic carbocycles. The van der Waals surface area contributed by atoms with E-state index in [4.69, 9.17) is 0 Å². The van der Waals surface area contributed by atoms with Crippen LogP contribution >= 0.6 is 11.8 Å². The van der Waals surface area contributed by atoms with Gasteiger partial charge in [-0.05, 0) is 54.5 Å². The molecule has 1 amide bonds. The fraction of sp³-hybridized carbons (Fsp3) is 0.261. The van der Waals surface area contributed by atoms with E-state index in [0.717, 1.165) is 28.2 Å². The van der Waals surface area contributed by atoms with Crippen molar-refractivity contribution in [1.82, 2.24) is 35.3 Å². The number of thioether (sulfide) groups is 1. The Morgan fingerprint density at radius 3 is 2.66 bits per heavy atom. The fourth-order valence-electron chi connectivity index (χ4n) is 3.46. The Kier molecular flexibility index (Phi) is 6.65. The minimum Gasteiger partial charge on any atom is -0.351 e. The molecule has 32 heavy (non-hydrogen) atoms. The highest BCUT2D eigenvalue weighted by atomic mass is 32.2. The number of amides is 1. The molecule has 0 aliphatic heterocycles. The van der Waals surface area contributed by atoms with Gasteiger partial charge in [-0.1, -0.05) is 54.2 Å². The van der Waals surface area contributed by atoms with Gasteiger partial charge in [-0.2, -0.15) is 9.78 Å². The van der Waals surface area contributed by atoms with Gasteiger partial charge < -0.3 is 5.32 Å². The molecule has 164 valence electrons. The summed E-state index contributed by atoms with van der Waals surface area (Å²) in [5.41, 5.74) is 6.21. The molecular formula is C23H25N7OS. The van der Waals surface area contributed by atoms with E-state index >= 15 is 0 Å². The molecule has 0 aliphatic rings. The van der Waals surface area contributed by atoms with E-state index in [-0.39, 0.29) is 11.7 Å². The lowest BCUT2D eigenvalue weighted by molar-refractivity contribution is -0.118. The van der Waals surface area contributed by atoms with E-state index in [1.165, 1.54) is 17.3 Å². The van der Waals surface area contributed by atoms with Crippen molar-refractivity contribution >= 4 is 17.7 Å². The Bertz CT molecular complexity index is 1220. The number of carbonyl (C=O) groups is 1. The molecule has 9 heteroatoms. The standard InChI is InChI=1S/C23H25N7OS/c1-16-8-7-11-20(12-16)30-23(25-27-28-30)32-15-22(31)24-13-21-17(2)26-29(18(21)3)14-19-9-5-4-6-10-19/h4-12H,13-15H2,1-3H3,(H,24,31). The van der Waals surface area contributed by atoms with Crippen LogP contribution in [0.5, 0.6) is 0 Å². The van der Waals surface area contributed by atoms with Crippen LogP contribution in [0.1, 0.15) is 28.1 Å². The Morgan fingerprint density at radius 1 is 1.06 bits per heavy atom. The topological polar surface area (TPSA) is 90.5 Å². The molecule has 0 saturated carbocycles. The first-order chi connectivity index (χ1) is 15.5. The normalized spacial score (nSPS) is 11.0. The third kappa shape index (κ3) is 5.05. The first-order valence-corrected chi connectivity index (χ1v) is 11.3. The lowest BCUT2D eigenvalue weighted by Crippen LogP contribution is -2.25. The number of carbonyl (C=O) groups excluding carboxylic acids is 1. The van der Waals surface area contributed by atoms with Crippen LogP contribution in [0.15, 0.2) is 59.8 Å². The summed E-state index contributed by atoms with van der Waals surface area (Å²) in [4.78, 5) is 12.5. The molecule has 0 radical (unpaired) electrons. The number of benzene rings is 2. The number of nitrogens with zero attached hydrogens (tertiary/aromatic N) is 6. The number of nitrogens with one attached hydrogen (secondary N) is 1.